The summed E-state index contributed by atoms with van der Waals surface area (Å²) in [4.78, 5) is 22.0. The zero-order valence-electron chi connectivity index (χ0n) is 15.7. The number of aromatic nitrogens is 2. The largest absolute Gasteiger partial charge is 0.369 e. The molecule has 0 spiro atoms. The van der Waals surface area contributed by atoms with Gasteiger partial charge in [0.25, 0.3) is 5.91 Å². The van der Waals surface area contributed by atoms with Crippen LogP contribution in [0.2, 0.25) is 10.0 Å². The highest BCUT2D eigenvalue weighted by Crippen LogP contribution is 2.25. The summed E-state index contributed by atoms with van der Waals surface area (Å²) in [5, 5.41) is 3.79. The summed E-state index contributed by atoms with van der Waals surface area (Å²) < 4.78 is 1.63. The van der Waals surface area contributed by atoms with Gasteiger partial charge in [-0.2, -0.15) is 0 Å². The summed E-state index contributed by atoms with van der Waals surface area (Å²) in [6.07, 6.45) is 1.65. The number of piperazine rings is 1. The topological polar surface area (TPSA) is 52.9 Å². The van der Waals surface area contributed by atoms with Crippen LogP contribution < -0.4 is 10.2 Å². The minimum absolute atomic E-state index is 0.254. The quantitative estimate of drug-likeness (QED) is 0.700. The highest BCUT2D eigenvalue weighted by molar-refractivity contribution is 6.36. The second kappa shape index (κ2) is 7.62. The van der Waals surface area contributed by atoms with E-state index in [9.17, 15) is 4.79 Å². The number of imidazole rings is 1. The number of hydrogen-bond acceptors (Lipinski definition) is 4. The molecule has 1 aliphatic heterocycles. The van der Waals surface area contributed by atoms with E-state index in [4.69, 9.17) is 23.2 Å². The Bertz CT molecular complexity index is 1020. The molecule has 0 bridgehead atoms. The number of likely N-dealkylation sites (N-methyl/N-ethyl adjacent to an activating group) is 1. The lowest BCUT2D eigenvalue weighted by Crippen LogP contribution is -2.44. The lowest BCUT2D eigenvalue weighted by Gasteiger charge is -2.34. The maximum atomic E-state index is 12.9. The third-order valence-corrected chi connectivity index (χ3v) is 5.51. The molecule has 3 heterocycles. The van der Waals surface area contributed by atoms with E-state index >= 15 is 0 Å². The molecule has 2 aromatic heterocycles. The number of fused-ring (bicyclic) bond motifs is 1. The third kappa shape index (κ3) is 3.68. The van der Waals surface area contributed by atoms with E-state index in [1.165, 1.54) is 0 Å². The van der Waals surface area contributed by atoms with E-state index in [-0.39, 0.29) is 5.91 Å². The van der Waals surface area contributed by atoms with E-state index in [1.807, 2.05) is 24.3 Å². The summed E-state index contributed by atoms with van der Waals surface area (Å²) in [5.74, 6) is -0.254. The number of benzene rings is 1. The van der Waals surface area contributed by atoms with Crippen molar-refractivity contribution >= 4 is 46.1 Å². The van der Waals surface area contributed by atoms with Crippen LogP contribution in [0.15, 0.2) is 36.5 Å². The third-order valence-electron chi connectivity index (χ3n) is 5.02. The first-order valence-electron chi connectivity index (χ1n) is 9.11. The van der Waals surface area contributed by atoms with E-state index < -0.39 is 0 Å². The van der Waals surface area contributed by atoms with Gasteiger partial charge in [-0.05, 0) is 44.3 Å². The molecule has 4 rings (SSSR count). The van der Waals surface area contributed by atoms with Crippen LogP contribution in [0.4, 0.5) is 11.4 Å². The van der Waals surface area contributed by atoms with Gasteiger partial charge in [0.2, 0.25) is 0 Å². The van der Waals surface area contributed by atoms with Gasteiger partial charge in [-0.25, -0.2) is 4.98 Å². The molecule has 1 fully saturated rings. The SMILES string of the molecule is Cc1nc2c(Cl)cc(Cl)cn2c1C(=O)Nc1ccc(N2CCN(C)CC2)cc1. The highest BCUT2D eigenvalue weighted by atomic mass is 35.5. The van der Waals surface area contributed by atoms with Crippen LogP contribution in [0, 0.1) is 6.92 Å². The molecule has 8 heteroatoms. The predicted octanol–water partition coefficient (Wildman–Crippen LogP) is 3.95. The van der Waals surface area contributed by atoms with Crippen molar-refractivity contribution in [2.75, 3.05) is 43.4 Å². The molecule has 1 aliphatic rings. The fourth-order valence-corrected chi connectivity index (χ4v) is 3.98. The number of pyridine rings is 1. The van der Waals surface area contributed by atoms with Crippen molar-refractivity contribution in [3.8, 4) is 0 Å². The van der Waals surface area contributed by atoms with E-state index in [0.717, 1.165) is 37.6 Å². The Kier molecular flexibility index (Phi) is 5.19. The Morgan fingerprint density at radius 2 is 1.79 bits per heavy atom. The number of nitrogens with one attached hydrogen (secondary N) is 1. The zero-order chi connectivity index (χ0) is 19.8. The van der Waals surface area contributed by atoms with Gasteiger partial charge in [0.1, 0.15) is 5.69 Å². The molecule has 146 valence electrons. The Hall–Kier alpha value is -2.28. The Morgan fingerprint density at radius 3 is 2.46 bits per heavy atom. The summed E-state index contributed by atoms with van der Waals surface area (Å²) in [6.45, 7) is 5.90. The number of halogens is 2. The highest BCUT2D eigenvalue weighted by Gasteiger charge is 2.19. The number of carbonyl (C=O) groups excluding carboxylic acids is 1. The van der Waals surface area contributed by atoms with Crippen LogP contribution in [0.25, 0.3) is 5.65 Å². The lowest BCUT2D eigenvalue weighted by molar-refractivity contribution is 0.102. The number of amides is 1. The number of rotatable bonds is 3. The van der Waals surface area contributed by atoms with Crippen LogP contribution >= 0.6 is 23.2 Å². The first-order chi connectivity index (χ1) is 13.4. The number of nitrogens with zero attached hydrogens (tertiary/aromatic N) is 4. The van der Waals surface area contributed by atoms with Crippen LogP contribution in [-0.4, -0.2) is 53.4 Å². The van der Waals surface area contributed by atoms with Crippen LogP contribution in [0.5, 0.6) is 0 Å². The second-order valence-corrected chi connectivity index (χ2v) is 7.88. The molecular formula is C20H21Cl2N5O. The van der Waals surface area contributed by atoms with Crippen molar-refractivity contribution in [2.45, 2.75) is 6.92 Å². The van der Waals surface area contributed by atoms with E-state index in [0.29, 0.717) is 27.1 Å². The Morgan fingerprint density at radius 1 is 1.11 bits per heavy atom. The fraction of sp³-hybridized carbons (Fsp3) is 0.300. The van der Waals surface area contributed by atoms with Gasteiger partial charge in [0, 0.05) is 43.8 Å². The van der Waals surface area contributed by atoms with Crippen LogP contribution in [-0.2, 0) is 0 Å². The Labute approximate surface area is 173 Å². The van der Waals surface area contributed by atoms with E-state index in [1.54, 1.807) is 23.6 Å². The molecule has 1 amide bonds. The molecule has 0 atom stereocenters. The predicted molar refractivity (Wildman–Crippen MR) is 114 cm³/mol. The minimum atomic E-state index is -0.254. The van der Waals surface area contributed by atoms with Crippen LogP contribution in [0.3, 0.4) is 0 Å². The van der Waals surface area contributed by atoms with Gasteiger partial charge in [0.15, 0.2) is 5.65 Å². The lowest BCUT2D eigenvalue weighted by atomic mass is 10.2. The molecule has 1 N–H and O–H groups in total. The summed E-state index contributed by atoms with van der Waals surface area (Å²) in [5.41, 5.74) is 3.42. The van der Waals surface area contributed by atoms with Crippen molar-refractivity contribution in [1.29, 1.82) is 0 Å². The van der Waals surface area contributed by atoms with Gasteiger partial charge in [-0.3, -0.25) is 9.20 Å². The van der Waals surface area contributed by atoms with Crippen LogP contribution in [0.1, 0.15) is 16.2 Å². The standard InChI is InChI=1S/C20H21Cl2N5O/c1-13-18(27-12-14(21)11-17(22)19(27)23-13)20(28)24-15-3-5-16(6-4-15)26-9-7-25(2)8-10-26/h3-6,11-12H,7-10H2,1-2H3,(H,24,28). The molecule has 1 saturated heterocycles. The maximum Gasteiger partial charge on any atom is 0.274 e. The van der Waals surface area contributed by atoms with Gasteiger partial charge in [-0.15, -0.1) is 0 Å². The average molecular weight is 418 g/mol. The molecule has 0 saturated carbocycles. The Balaban J connectivity index is 1.54. The van der Waals surface area contributed by atoms with Crippen molar-refractivity contribution in [2.24, 2.45) is 0 Å². The molecule has 28 heavy (non-hydrogen) atoms. The number of carbonyl (C=O) groups is 1. The van der Waals surface area contributed by atoms with Gasteiger partial charge in [0.05, 0.1) is 15.7 Å². The number of hydrogen-bond donors (Lipinski definition) is 1. The number of anilines is 2. The molecular weight excluding hydrogens is 397 g/mol. The van der Waals surface area contributed by atoms with Gasteiger partial charge < -0.3 is 15.1 Å². The first-order valence-corrected chi connectivity index (χ1v) is 9.86. The number of aryl methyl sites for hydroxylation is 1. The normalized spacial score (nSPS) is 15.2. The van der Waals surface area contributed by atoms with E-state index in [2.05, 4.69) is 27.1 Å². The molecule has 0 aliphatic carbocycles. The average Bonchev–Trinajstić information content (AvgIpc) is 2.99. The molecule has 3 aromatic rings. The van der Waals surface area contributed by atoms with Crippen molar-refractivity contribution in [3.05, 3.63) is 58.0 Å². The van der Waals surface area contributed by atoms with Gasteiger partial charge >= 0.3 is 0 Å². The summed E-state index contributed by atoms with van der Waals surface area (Å²) in [7, 11) is 2.14. The molecule has 1 aromatic carbocycles. The maximum absolute atomic E-state index is 12.9. The molecule has 6 nitrogen and oxygen atoms in total. The van der Waals surface area contributed by atoms with Crippen molar-refractivity contribution in [1.82, 2.24) is 14.3 Å². The fourth-order valence-electron chi connectivity index (χ4n) is 3.47. The smallest absolute Gasteiger partial charge is 0.274 e. The first kappa shape index (κ1) is 19.1. The molecule has 0 radical (unpaired) electrons. The minimum Gasteiger partial charge on any atom is -0.369 e. The van der Waals surface area contributed by atoms with Crippen molar-refractivity contribution in [3.63, 3.8) is 0 Å². The van der Waals surface area contributed by atoms with Crippen molar-refractivity contribution < 1.29 is 4.79 Å². The monoisotopic (exact) mass is 417 g/mol. The second-order valence-electron chi connectivity index (χ2n) is 7.04. The summed E-state index contributed by atoms with van der Waals surface area (Å²) >= 11 is 12.3. The zero-order valence-corrected chi connectivity index (χ0v) is 17.3. The van der Waals surface area contributed by atoms with Gasteiger partial charge in [-0.1, -0.05) is 23.2 Å². The summed E-state index contributed by atoms with van der Waals surface area (Å²) in [6, 6.07) is 9.53. The molecule has 0 unspecified atom stereocenters.